The van der Waals surface area contributed by atoms with E-state index in [2.05, 4.69) is 25.8 Å². The van der Waals surface area contributed by atoms with Gasteiger partial charge in [-0.15, -0.1) is 16.4 Å². The molecule has 0 aliphatic rings. The molecular formula is C21H19FN6O2S. The third kappa shape index (κ3) is 4.75. The monoisotopic (exact) mass is 438 g/mol. The Morgan fingerprint density at radius 1 is 1.23 bits per heavy atom. The Labute approximate surface area is 181 Å². The first-order valence-electron chi connectivity index (χ1n) is 9.56. The normalized spacial score (nSPS) is 10.8. The molecule has 0 radical (unpaired) electrons. The Kier molecular flexibility index (Phi) is 5.99. The van der Waals surface area contributed by atoms with Gasteiger partial charge in [-0.1, -0.05) is 0 Å². The van der Waals surface area contributed by atoms with Crippen LogP contribution in [0.2, 0.25) is 0 Å². The molecule has 0 aliphatic carbocycles. The molecule has 0 saturated carbocycles. The second kappa shape index (κ2) is 9.00. The summed E-state index contributed by atoms with van der Waals surface area (Å²) < 4.78 is 20.9. The number of ether oxygens (including phenoxy) is 1. The third-order valence-corrected chi connectivity index (χ3v) is 5.33. The topological polar surface area (TPSA) is 94.8 Å². The van der Waals surface area contributed by atoms with Gasteiger partial charge in [-0.3, -0.25) is 4.79 Å². The van der Waals surface area contributed by atoms with Crippen molar-refractivity contribution in [3.05, 3.63) is 65.2 Å². The fourth-order valence-electron chi connectivity index (χ4n) is 2.96. The van der Waals surface area contributed by atoms with E-state index in [0.29, 0.717) is 23.8 Å². The molecule has 2 heterocycles. The van der Waals surface area contributed by atoms with Crippen molar-refractivity contribution in [2.45, 2.75) is 20.3 Å². The van der Waals surface area contributed by atoms with E-state index in [1.807, 2.05) is 36.6 Å². The molecule has 0 atom stereocenters. The Morgan fingerprint density at radius 3 is 2.74 bits per heavy atom. The van der Waals surface area contributed by atoms with Gasteiger partial charge in [-0.25, -0.2) is 9.37 Å². The number of nitrogens with zero attached hydrogens (tertiary/aromatic N) is 5. The fourth-order valence-corrected chi connectivity index (χ4v) is 3.78. The molecule has 0 fully saturated rings. The summed E-state index contributed by atoms with van der Waals surface area (Å²) in [6.07, 6.45) is 0.101. The zero-order chi connectivity index (χ0) is 21.8. The van der Waals surface area contributed by atoms with Gasteiger partial charge in [0, 0.05) is 16.6 Å². The van der Waals surface area contributed by atoms with Gasteiger partial charge in [-0.2, -0.15) is 4.68 Å². The van der Waals surface area contributed by atoms with Crippen molar-refractivity contribution in [3.8, 4) is 22.0 Å². The van der Waals surface area contributed by atoms with Gasteiger partial charge < -0.3 is 10.1 Å². The number of tetrazole rings is 1. The SMILES string of the molecule is CCOc1ccc(-c2nc(CC(=O)Nc3ccc(F)c(-n4nnnc4C)c3)cs2)cc1. The molecule has 0 saturated heterocycles. The van der Waals surface area contributed by atoms with Gasteiger partial charge in [0.05, 0.1) is 18.7 Å². The molecule has 4 rings (SSSR count). The second-order valence-corrected chi connectivity index (χ2v) is 7.49. The van der Waals surface area contributed by atoms with E-state index in [1.165, 1.54) is 34.2 Å². The van der Waals surface area contributed by atoms with Crippen molar-refractivity contribution in [2.75, 3.05) is 11.9 Å². The minimum atomic E-state index is -0.493. The number of thiazole rings is 1. The van der Waals surface area contributed by atoms with E-state index < -0.39 is 5.82 Å². The van der Waals surface area contributed by atoms with Crippen LogP contribution in [0, 0.1) is 12.7 Å². The molecule has 0 aliphatic heterocycles. The molecule has 1 N–H and O–H groups in total. The number of halogens is 1. The summed E-state index contributed by atoms with van der Waals surface area (Å²) in [5.74, 6) is 0.493. The third-order valence-electron chi connectivity index (χ3n) is 4.39. The number of amides is 1. The van der Waals surface area contributed by atoms with Gasteiger partial charge in [0.1, 0.15) is 22.3 Å². The highest BCUT2D eigenvalue weighted by Gasteiger charge is 2.13. The van der Waals surface area contributed by atoms with Crippen LogP contribution in [0.15, 0.2) is 47.8 Å². The van der Waals surface area contributed by atoms with E-state index in [-0.39, 0.29) is 18.0 Å². The highest BCUT2D eigenvalue weighted by molar-refractivity contribution is 7.13. The average Bonchev–Trinajstić information content (AvgIpc) is 3.39. The molecule has 158 valence electrons. The number of hydrogen-bond donors (Lipinski definition) is 1. The Bertz CT molecular complexity index is 1200. The standard InChI is InChI=1S/C21H19FN6O2S/c1-3-30-17-7-4-14(5-8-17)21-24-16(12-31-21)11-20(29)23-15-6-9-18(22)19(10-15)28-13(2)25-26-27-28/h4-10,12H,3,11H2,1-2H3,(H,23,29). The summed E-state index contributed by atoms with van der Waals surface area (Å²) in [5, 5.41) is 16.5. The lowest BCUT2D eigenvalue weighted by Gasteiger charge is -2.08. The number of aryl methyl sites for hydroxylation is 1. The molecule has 10 heteroatoms. The Balaban J connectivity index is 1.43. The smallest absolute Gasteiger partial charge is 0.230 e. The minimum Gasteiger partial charge on any atom is -0.494 e. The van der Waals surface area contributed by atoms with Gasteiger partial charge in [0.25, 0.3) is 0 Å². The van der Waals surface area contributed by atoms with E-state index >= 15 is 0 Å². The lowest BCUT2D eigenvalue weighted by atomic mass is 10.2. The maximum absolute atomic E-state index is 14.2. The maximum Gasteiger partial charge on any atom is 0.230 e. The summed E-state index contributed by atoms with van der Waals surface area (Å²) in [6, 6.07) is 11.9. The number of aromatic nitrogens is 5. The molecule has 1 amide bonds. The first-order chi connectivity index (χ1) is 15.0. The van der Waals surface area contributed by atoms with Crippen LogP contribution in [0.25, 0.3) is 16.3 Å². The molecule has 2 aromatic heterocycles. The van der Waals surface area contributed by atoms with E-state index in [9.17, 15) is 9.18 Å². The largest absolute Gasteiger partial charge is 0.494 e. The molecule has 8 nitrogen and oxygen atoms in total. The molecule has 4 aromatic rings. The molecule has 0 unspecified atom stereocenters. The zero-order valence-corrected chi connectivity index (χ0v) is 17.7. The lowest BCUT2D eigenvalue weighted by molar-refractivity contribution is -0.115. The van der Waals surface area contributed by atoms with Crippen molar-refractivity contribution in [2.24, 2.45) is 0 Å². The minimum absolute atomic E-state index is 0.101. The predicted octanol–water partition coefficient (Wildman–Crippen LogP) is 3.81. The molecule has 0 spiro atoms. The quantitative estimate of drug-likeness (QED) is 0.471. The summed E-state index contributed by atoms with van der Waals surface area (Å²) in [7, 11) is 0. The van der Waals surface area contributed by atoms with Gasteiger partial charge >= 0.3 is 0 Å². The summed E-state index contributed by atoms with van der Waals surface area (Å²) in [5.41, 5.74) is 2.22. The molecule has 0 bridgehead atoms. The summed E-state index contributed by atoms with van der Waals surface area (Å²) in [4.78, 5) is 17.0. The van der Waals surface area contributed by atoms with Crippen molar-refractivity contribution in [3.63, 3.8) is 0 Å². The number of hydrogen-bond acceptors (Lipinski definition) is 7. The first-order valence-corrected chi connectivity index (χ1v) is 10.4. The number of carbonyl (C=O) groups is 1. The van der Waals surface area contributed by atoms with E-state index in [1.54, 1.807) is 6.92 Å². The van der Waals surface area contributed by atoms with Crippen LogP contribution in [0.1, 0.15) is 18.4 Å². The van der Waals surface area contributed by atoms with Crippen molar-refractivity contribution in [1.29, 1.82) is 0 Å². The van der Waals surface area contributed by atoms with Crippen molar-refractivity contribution in [1.82, 2.24) is 25.2 Å². The van der Waals surface area contributed by atoms with Crippen LogP contribution >= 0.6 is 11.3 Å². The number of benzene rings is 2. The highest BCUT2D eigenvalue weighted by Crippen LogP contribution is 2.26. The fraction of sp³-hybridized carbons (Fsp3) is 0.190. The van der Waals surface area contributed by atoms with Crippen molar-refractivity contribution >= 4 is 22.9 Å². The van der Waals surface area contributed by atoms with Crippen LogP contribution < -0.4 is 10.1 Å². The summed E-state index contributed by atoms with van der Waals surface area (Å²) in [6.45, 7) is 4.21. The average molecular weight is 438 g/mol. The molecule has 2 aromatic carbocycles. The first kappa shape index (κ1) is 20.6. The van der Waals surface area contributed by atoms with Gasteiger partial charge in [-0.05, 0) is 66.7 Å². The van der Waals surface area contributed by atoms with Crippen LogP contribution in [0.4, 0.5) is 10.1 Å². The predicted molar refractivity (Wildman–Crippen MR) is 115 cm³/mol. The summed E-state index contributed by atoms with van der Waals surface area (Å²) >= 11 is 1.47. The highest BCUT2D eigenvalue weighted by atomic mass is 32.1. The molecule has 31 heavy (non-hydrogen) atoms. The van der Waals surface area contributed by atoms with Gasteiger partial charge in [0.15, 0.2) is 5.82 Å². The Morgan fingerprint density at radius 2 is 2.03 bits per heavy atom. The van der Waals surface area contributed by atoms with Crippen LogP contribution in [-0.2, 0) is 11.2 Å². The number of carbonyl (C=O) groups excluding carboxylic acids is 1. The second-order valence-electron chi connectivity index (χ2n) is 6.63. The lowest BCUT2D eigenvalue weighted by Crippen LogP contribution is -2.15. The van der Waals surface area contributed by atoms with Crippen LogP contribution in [0.3, 0.4) is 0 Å². The van der Waals surface area contributed by atoms with Crippen LogP contribution in [0.5, 0.6) is 5.75 Å². The number of nitrogens with one attached hydrogen (secondary N) is 1. The van der Waals surface area contributed by atoms with Gasteiger partial charge in [0.2, 0.25) is 5.91 Å². The van der Waals surface area contributed by atoms with E-state index in [4.69, 9.17) is 4.74 Å². The number of rotatable bonds is 7. The molecular weight excluding hydrogens is 419 g/mol. The van der Waals surface area contributed by atoms with Crippen LogP contribution in [-0.4, -0.2) is 37.7 Å². The van der Waals surface area contributed by atoms with Crippen molar-refractivity contribution < 1.29 is 13.9 Å². The maximum atomic E-state index is 14.2. The number of anilines is 1. The zero-order valence-electron chi connectivity index (χ0n) is 16.9. The Hall–Kier alpha value is -3.66. The van der Waals surface area contributed by atoms with E-state index in [0.717, 1.165) is 16.3 Å².